The molecule has 0 fully saturated rings. The molecule has 1 aromatic carbocycles. The molecule has 2 rings (SSSR count). The first-order valence-corrected chi connectivity index (χ1v) is 7.14. The summed E-state index contributed by atoms with van der Waals surface area (Å²) in [6, 6.07) is 6.67. The Bertz CT molecular complexity index is 627. The maximum atomic E-state index is 12.0. The highest BCUT2D eigenvalue weighted by molar-refractivity contribution is 6.33. The van der Waals surface area contributed by atoms with Gasteiger partial charge in [0.15, 0.2) is 5.82 Å². The number of rotatable bonds is 5. The number of hydrogen-bond donors (Lipinski definition) is 3. The second kappa shape index (κ2) is 6.69. The van der Waals surface area contributed by atoms with Gasteiger partial charge in [-0.1, -0.05) is 44.0 Å². The average Bonchev–Trinajstić information content (AvgIpc) is 2.94. The van der Waals surface area contributed by atoms with E-state index < -0.39 is 6.04 Å². The number of carbonyl (C=O) groups is 1. The summed E-state index contributed by atoms with van der Waals surface area (Å²) < 4.78 is 0. The van der Waals surface area contributed by atoms with Gasteiger partial charge in [0.1, 0.15) is 0 Å². The van der Waals surface area contributed by atoms with Crippen LogP contribution in [-0.2, 0) is 4.79 Å². The van der Waals surface area contributed by atoms with Crippen molar-refractivity contribution in [3.8, 4) is 11.4 Å². The predicted molar refractivity (Wildman–Crippen MR) is 82.9 cm³/mol. The van der Waals surface area contributed by atoms with Crippen LogP contribution in [0.15, 0.2) is 24.3 Å². The van der Waals surface area contributed by atoms with Crippen LogP contribution in [0.25, 0.3) is 11.4 Å². The first-order chi connectivity index (χ1) is 10.0. The van der Waals surface area contributed by atoms with E-state index in [4.69, 9.17) is 17.3 Å². The molecule has 0 bridgehead atoms. The summed E-state index contributed by atoms with van der Waals surface area (Å²) in [7, 11) is 0. The van der Waals surface area contributed by atoms with E-state index in [0.717, 1.165) is 12.0 Å². The van der Waals surface area contributed by atoms with E-state index in [1.807, 2.05) is 32.0 Å². The van der Waals surface area contributed by atoms with Crippen LogP contribution in [0.4, 0.5) is 5.95 Å². The van der Waals surface area contributed by atoms with E-state index in [0.29, 0.717) is 10.8 Å². The molecule has 0 radical (unpaired) electrons. The van der Waals surface area contributed by atoms with Crippen molar-refractivity contribution in [1.82, 2.24) is 15.2 Å². The van der Waals surface area contributed by atoms with Gasteiger partial charge in [-0.3, -0.25) is 15.2 Å². The predicted octanol–water partition coefficient (Wildman–Crippen LogP) is 2.44. The summed E-state index contributed by atoms with van der Waals surface area (Å²) in [4.78, 5) is 16.2. The standard InChI is InChI=1S/C14H18ClN5O/c1-3-8(2)11(16)13(21)18-14-17-12(19-20-14)9-6-4-5-7-10(9)15/h4-8,11H,3,16H2,1-2H3,(H2,17,18,19,20,21). The van der Waals surface area contributed by atoms with Crippen molar-refractivity contribution in [2.45, 2.75) is 26.3 Å². The van der Waals surface area contributed by atoms with Crippen molar-refractivity contribution < 1.29 is 4.79 Å². The van der Waals surface area contributed by atoms with Crippen molar-refractivity contribution in [2.75, 3.05) is 5.32 Å². The normalized spacial score (nSPS) is 13.7. The van der Waals surface area contributed by atoms with Crippen LogP contribution in [-0.4, -0.2) is 27.1 Å². The fourth-order valence-corrected chi connectivity index (χ4v) is 2.02. The van der Waals surface area contributed by atoms with Crippen LogP contribution in [0.2, 0.25) is 5.02 Å². The van der Waals surface area contributed by atoms with Crippen molar-refractivity contribution in [3.05, 3.63) is 29.3 Å². The third kappa shape index (κ3) is 3.59. The molecule has 2 aromatic rings. The van der Waals surface area contributed by atoms with Crippen LogP contribution in [0.3, 0.4) is 0 Å². The zero-order valence-electron chi connectivity index (χ0n) is 11.9. The van der Waals surface area contributed by atoms with Gasteiger partial charge in [0.05, 0.1) is 11.1 Å². The molecule has 0 saturated carbocycles. The number of aromatic amines is 1. The van der Waals surface area contributed by atoms with Gasteiger partial charge in [0.2, 0.25) is 11.9 Å². The van der Waals surface area contributed by atoms with Gasteiger partial charge < -0.3 is 5.73 Å². The summed E-state index contributed by atoms with van der Waals surface area (Å²) in [6.45, 7) is 3.91. The van der Waals surface area contributed by atoms with Crippen LogP contribution in [0, 0.1) is 5.92 Å². The average molecular weight is 308 g/mol. The molecule has 112 valence electrons. The summed E-state index contributed by atoms with van der Waals surface area (Å²) in [5, 5.41) is 9.87. The smallest absolute Gasteiger partial charge is 0.249 e. The van der Waals surface area contributed by atoms with Gasteiger partial charge in [0, 0.05) is 5.56 Å². The molecule has 1 heterocycles. The molecule has 21 heavy (non-hydrogen) atoms. The molecule has 0 aliphatic rings. The molecule has 6 nitrogen and oxygen atoms in total. The Morgan fingerprint density at radius 2 is 2.19 bits per heavy atom. The van der Waals surface area contributed by atoms with Crippen LogP contribution in [0.1, 0.15) is 20.3 Å². The zero-order valence-corrected chi connectivity index (χ0v) is 12.7. The quantitative estimate of drug-likeness (QED) is 0.790. The number of nitrogens with zero attached hydrogens (tertiary/aromatic N) is 2. The fourth-order valence-electron chi connectivity index (χ4n) is 1.80. The van der Waals surface area contributed by atoms with E-state index in [1.54, 1.807) is 6.07 Å². The van der Waals surface area contributed by atoms with Crippen LogP contribution in [0.5, 0.6) is 0 Å². The van der Waals surface area contributed by atoms with E-state index in [9.17, 15) is 4.79 Å². The van der Waals surface area contributed by atoms with E-state index in [-0.39, 0.29) is 17.8 Å². The van der Waals surface area contributed by atoms with Gasteiger partial charge in [-0.25, -0.2) is 0 Å². The molecule has 0 aliphatic heterocycles. The summed E-state index contributed by atoms with van der Waals surface area (Å²) in [6.07, 6.45) is 0.827. The molecular formula is C14H18ClN5O. The number of halogens is 1. The number of hydrogen-bond acceptors (Lipinski definition) is 4. The molecule has 7 heteroatoms. The van der Waals surface area contributed by atoms with Crippen molar-refractivity contribution in [1.29, 1.82) is 0 Å². The van der Waals surface area contributed by atoms with Gasteiger partial charge in [-0.2, -0.15) is 4.98 Å². The number of aromatic nitrogens is 3. The fraction of sp³-hybridized carbons (Fsp3) is 0.357. The highest BCUT2D eigenvalue weighted by Gasteiger charge is 2.21. The number of nitrogens with one attached hydrogen (secondary N) is 2. The van der Waals surface area contributed by atoms with Crippen molar-refractivity contribution in [3.63, 3.8) is 0 Å². The second-order valence-corrected chi connectivity index (χ2v) is 5.30. The third-order valence-electron chi connectivity index (χ3n) is 3.41. The van der Waals surface area contributed by atoms with Crippen molar-refractivity contribution >= 4 is 23.5 Å². The molecule has 2 atom stereocenters. The summed E-state index contributed by atoms with van der Waals surface area (Å²) in [5.74, 6) is 0.475. The molecule has 0 spiro atoms. The molecule has 1 aromatic heterocycles. The minimum absolute atomic E-state index is 0.0898. The van der Waals surface area contributed by atoms with E-state index in [1.165, 1.54) is 0 Å². The van der Waals surface area contributed by atoms with Gasteiger partial charge in [-0.15, -0.1) is 5.10 Å². The lowest BCUT2D eigenvalue weighted by molar-refractivity contribution is -0.118. The maximum absolute atomic E-state index is 12.0. The molecule has 0 saturated heterocycles. The summed E-state index contributed by atoms with van der Waals surface area (Å²) in [5.41, 5.74) is 6.58. The summed E-state index contributed by atoms with van der Waals surface area (Å²) >= 11 is 6.09. The van der Waals surface area contributed by atoms with Crippen LogP contribution < -0.4 is 11.1 Å². The number of carbonyl (C=O) groups excluding carboxylic acids is 1. The Morgan fingerprint density at radius 1 is 1.48 bits per heavy atom. The van der Waals surface area contributed by atoms with E-state index >= 15 is 0 Å². The number of H-pyrrole nitrogens is 1. The number of benzene rings is 1. The SMILES string of the molecule is CCC(C)C(N)C(=O)Nc1n[nH]c(-c2ccccc2Cl)n1. The van der Waals surface area contributed by atoms with Crippen LogP contribution >= 0.6 is 11.6 Å². The Balaban J connectivity index is 2.11. The molecular weight excluding hydrogens is 290 g/mol. The molecule has 1 amide bonds. The van der Waals surface area contributed by atoms with E-state index in [2.05, 4.69) is 20.5 Å². The topological polar surface area (TPSA) is 96.7 Å². The lowest BCUT2D eigenvalue weighted by atomic mass is 10.00. The lowest BCUT2D eigenvalue weighted by Crippen LogP contribution is -2.40. The first kappa shape index (κ1) is 15.5. The Labute approximate surface area is 128 Å². The molecule has 0 aliphatic carbocycles. The Hall–Kier alpha value is -1.92. The lowest BCUT2D eigenvalue weighted by Gasteiger charge is -2.16. The van der Waals surface area contributed by atoms with Crippen molar-refractivity contribution in [2.24, 2.45) is 11.7 Å². The van der Waals surface area contributed by atoms with Gasteiger partial charge in [0.25, 0.3) is 0 Å². The highest BCUT2D eigenvalue weighted by atomic mass is 35.5. The molecule has 4 N–H and O–H groups in total. The number of nitrogens with two attached hydrogens (primary N) is 1. The number of amides is 1. The minimum atomic E-state index is -0.586. The monoisotopic (exact) mass is 307 g/mol. The van der Waals surface area contributed by atoms with Gasteiger partial charge in [-0.05, 0) is 18.1 Å². The Kier molecular flexibility index (Phi) is 4.93. The Morgan fingerprint density at radius 3 is 2.86 bits per heavy atom. The highest BCUT2D eigenvalue weighted by Crippen LogP contribution is 2.24. The maximum Gasteiger partial charge on any atom is 0.249 e. The van der Waals surface area contributed by atoms with Gasteiger partial charge >= 0.3 is 0 Å². The first-order valence-electron chi connectivity index (χ1n) is 6.76. The zero-order chi connectivity index (χ0) is 15.4. The second-order valence-electron chi connectivity index (χ2n) is 4.89. The number of anilines is 1. The largest absolute Gasteiger partial charge is 0.320 e. The third-order valence-corrected chi connectivity index (χ3v) is 3.74. The molecule has 2 unspecified atom stereocenters. The minimum Gasteiger partial charge on any atom is -0.320 e.